The van der Waals surface area contributed by atoms with Gasteiger partial charge in [-0.05, 0) is 53.9 Å². The van der Waals surface area contributed by atoms with Crippen molar-refractivity contribution in [1.29, 1.82) is 0 Å². The molecule has 1 aromatic rings. The Morgan fingerprint density at radius 2 is 2.28 bits per heavy atom. The molecule has 0 radical (unpaired) electrons. The van der Waals surface area contributed by atoms with Crippen LogP contribution in [0.1, 0.15) is 25.3 Å². The first kappa shape index (κ1) is 13.8. The second-order valence-electron chi connectivity index (χ2n) is 4.45. The summed E-state index contributed by atoms with van der Waals surface area (Å²) in [5, 5.41) is 3.49. The Kier molecular flexibility index (Phi) is 4.59. The van der Waals surface area contributed by atoms with Crippen molar-refractivity contribution in [3.8, 4) is 0 Å². The van der Waals surface area contributed by atoms with Crippen molar-refractivity contribution in [3.63, 3.8) is 0 Å². The minimum absolute atomic E-state index is 0.419. The third-order valence-electron chi connectivity index (χ3n) is 3.11. The molecular formula is C13H17BrN2OS. The molecule has 5 heteroatoms. The minimum Gasteiger partial charge on any atom is -0.389 e. The van der Waals surface area contributed by atoms with Crippen molar-refractivity contribution in [2.45, 2.75) is 31.9 Å². The van der Waals surface area contributed by atoms with Gasteiger partial charge in [-0.15, -0.1) is 0 Å². The quantitative estimate of drug-likeness (QED) is 0.815. The van der Waals surface area contributed by atoms with Gasteiger partial charge in [0.15, 0.2) is 0 Å². The Morgan fingerprint density at radius 1 is 1.56 bits per heavy atom. The van der Waals surface area contributed by atoms with E-state index in [1.807, 2.05) is 25.1 Å². The molecule has 0 aromatic heterocycles. The van der Waals surface area contributed by atoms with Gasteiger partial charge in [0.2, 0.25) is 0 Å². The van der Waals surface area contributed by atoms with Crippen LogP contribution in [0.25, 0.3) is 0 Å². The van der Waals surface area contributed by atoms with E-state index in [1.54, 1.807) is 0 Å². The molecule has 1 aromatic carbocycles. The molecule has 98 valence electrons. The van der Waals surface area contributed by atoms with Gasteiger partial charge in [-0.1, -0.05) is 12.2 Å². The highest BCUT2D eigenvalue weighted by atomic mass is 79.9. The van der Waals surface area contributed by atoms with Gasteiger partial charge in [-0.2, -0.15) is 0 Å². The first-order chi connectivity index (χ1) is 8.60. The predicted octanol–water partition coefficient (Wildman–Crippen LogP) is 3.06. The highest BCUT2D eigenvalue weighted by Crippen LogP contribution is 2.30. The van der Waals surface area contributed by atoms with Gasteiger partial charge < -0.3 is 15.8 Å². The number of nitrogens with two attached hydrogens (primary N) is 1. The number of thiocarbonyl (C=S) groups is 1. The molecule has 1 fully saturated rings. The lowest BCUT2D eigenvalue weighted by Crippen LogP contribution is -2.40. The maximum atomic E-state index is 5.60. The lowest BCUT2D eigenvalue weighted by atomic mass is 9.89. The Morgan fingerprint density at radius 3 is 2.83 bits per heavy atom. The molecule has 0 aliphatic heterocycles. The van der Waals surface area contributed by atoms with Gasteiger partial charge in [-0.3, -0.25) is 0 Å². The molecule has 1 saturated carbocycles. The molecule has 3 nitrogen and oxygen atoms in total. The number of nitrogens with one attached hydrogen (secondary N) is 1. The third-order valence-corrected chi connectivity index (χ3v) is 4.00. The summed E-state index contributed by atoms with van der Waals surface area (Å²) < 4.78 is 6.53. The predicted molar refractivity (Wildman–Crippen MR) is 82.1 cm³/mol. The Bertz CT molecular complexity index is 447. The van der Waals surface area contributed by atoms with E-state index in [0.29, 0.717) is 17.1 Å². The highest BCUT2D eigenvalue weighted by molar-refractivity contribution is 9.10. The standard InChI is InChI=1S/C13H17BrN2OS/c1-2-17-10-6-9(7-10)16-12-4-3-8(13(15)18)5-11(12)14/h3-5,9-10,16H,2,6-7H2,1H3,(H2,15,18). The SMILES string of the molecule is CCOC1CC(Nc2ccc(C(N)=S)cc2Br)C1. The molecule has 0 bridgehead atoms. The minimum atomic E-state index is 0.419. The third kappa shape index (κ3) is 3.22. The van der Waals surface area contributed by atoms with Gasteiger partial charge in [-0.25, -0.2) is 0 Å². The van der Waals surface area contributed by atoms with Crippen molar-refractivity contribution >= 4 is 38.8 Å². The zero-order valence-electron chi connectivity index (χ0n) is 10.3. The molecule has 0 unspecified atom stereocenters. The van der Waals surface area contributed by atoms with Gasteiger partial charge in [0.05, 0.1) is 6.10 Å². The molecule has 3 N–H and O–H groups in total. The average molecular weight is 329 g/mol. The number of benzene rings is 1. The second-order valence-corrected chi connectivity index (χ2v) is 5.74. The molecule has 18 heavy (non-hydrogen) atoms. The molecule has 0 amide bonds. The van der Waals surface area contributed by atoms with Crippen molar-refractivity contribution in [2.75, 3.05) is 11.9 Å². The summed E-state index contributed by atoms with van der Waals surface area (Å²) in [6, 6.07) is 6.39. The van der Waals surface area contributed by atoms with E-state index in [2.05, 4.69) is 21.2 Å². The summed E-state index contributed by atoms with van der Waals surface area (Å²) in [6.45, 7) is 2.83. The molecule has 2 rings (SSSR count). The van der Waals surface area contributed by atoms with Gasteiger partial charge >= 0.3 is 0 Å². The van der Waals surface area contributed by atoms with Crippen molar-refractivity contribution in [1.82, 2.24) is 0 Å². The second kappa shape index (κ2) is 5.99. The molecular weight excluding hydrogens is 312 g/mol. The number of anilines is 1. The fraction of sp³-hybridized carbons (Fsp3) is 0.462. The summed E-state index contributed by atoms with van der Waals surface area (Å²) in [6.07, 6.45) is 2.55. The van der Waals surface area contributed by atoms with E-state index in [9.17, 15) is 0 Å². The number of ether oxygens (including phenoxy) is 1. The summed E-state index contributed by atoms with van der Waals surface area (Å²) in [4.78, 5) is 0.419. The Labute approximate surface area is 121 Å². The number of rotatable bonds is 5. The van der Waals surface area contributed by atoms with E-state index in [-0.39, 0.29) is 0 Å². The van der Waals surface area contributed by atoms with Crippen LogP contribution in [0, 0.1) is 0 Å². The number of hydrogen-bond acceptors (Lipinski definition) is 3. The van der Waals surface area contributed by atoms with E-state index in [0.717, 1.165) is 35.2 Å². The van der Waals surface area contributed by atoms with E-state index in [1.165, 1.54) is 0 Å². The van der Waals surface area contributed by atoms with Crippen molar-refractivity contribution in [3.05, 3.63) is 28.2 Å². The maximum Gasteiger partial charge on any atom is 0.104 e. The van der Waals surface area contributed by atoms with Crippen LogP contribution in [0.4, 0.5) is 5.69 Å². The molecule has 0 saturated heterocycles. The first-order valence-corrected chi connectivity index (χ1v) is 7.27. The van der Waals surface area contributed by atoms with Crippen LogP contribution < -0.4 is 11.1 Å². The fourth-order valence-corrected chi connectivity index (χ4v) is 2.68. The summed E-state index contributed by atoms with van der Waals surface area (Å²) in [5.74, 6) is 0. The molecule has 1 aliphatic rings. The first-order valence-electron chi connectivity index (χ1n) is 6.07. The molecule has 1 aliphatic carbocycles. The largest absolute Gasteiger partial charge is 0.389 e. The van der Waals surface area contributed by atoms with E-state index in [4.69, 9.17) is 22.7 Å². The Balaban J connectivity index is 1.93. The zero-order chi connectivity index (χ0) is 13.1. The highest BCUT2D eigenvalue weighted by Gasteiger charge is 2.29. The van der Waals surface area contributed by atoms with Crippen molar-refractivity contribution in [2.24, 2.45) is 5.73 Å². The van der Waals surface area contributed by atoms with Crippen LogP contribution in [-0.2, 0) is 4.74 Å². The van der Waals surface area contributed by atoms with E-state index < -0.39 is 0 Å². The lowest BCUT2D eigenvalue weighted by molar-refractivity contribution is 0.00298. The van der Waals surface area contributed by atoms with Crippen LogP contribution in [0.2, 0.25) is 0 Å². The van der Waals surface area contributed by atoms with E-state index >= 15 is 0 Å². The maximum absolute atomic E-state index is 5.60. The molecule has 0 atom stereocenters. The lowest BCUT2D eigenvalue weighted by Gasteiger charge is -2.36. The van der Waals surface area contributed by atoms with Crippen molar-refractivity contribution < 1.29 is 4.74 Å². The van der Waals surface area contributed by atoms with Gasteiger partial charge in [0, 0.05) is 28.4 Å². The fourth-order valence-electron chi connectivity index (χ4n) is 2.06. The van der Waals surface area contributed by atoms with Crippen LogP contribution in [0.15, 0.2) is 22.7 Å². The Hall–Kier alpha value is -0.650. The summed E-state index contributed by atoms with van der Waals surface area (Å²) in [7, 11) is 0. The smallest absolute Gasteiger partial charge is 0.104 e. The number of hydrogen-bond donors (Lipinski definition) is 2. The van der Waals surface area contributed by atoms with Crippen LogP contribution in [0.5, 0.6) is 0 Å². The van der Waals surface area contributed by atoms with Gasteiger partial charge in [0.1, 0.15) is 4.99 Å². The summed E-state index contributed by atoms with van der Waals surface area (Å²) in [5.41, 5.74) is 7.55. The molecule has 0 spiro atoms. The number of halogens is 1. The monoisotopic (exact) mass is 328 g/mol. The van der Waals surface area contributed by atoms with Crippen LogP contribution >= 0.6 is 28.1 Å². The zero-order valence-corrected chi connectivity index (χ0v) is 12.7. The van der Waals surface area contributed by atoms with Crippen LogP contribution in [0.3, 0.4) is 0 Å². The summed E-state index contributed by atoms with van der Waals surface area (Å²) >= 11 is 8.49. The van der Waals surface area contributed by atoms with Crippen LogP contribution in [-0.4, -0.2) is 23.7 Å². The normalized spacial score (nSPS) is 22.3. The van der Waals surface area contributed by atoms with Gasteiger partial charge in [0.25, 0.3) is 0 Å². The average Bonchev–Trinajstić information content (AvgIpc) is 2.28. The molecule has 0 heterocycles. The topological polar surface area (TPSA) is 47.3 Å².